The number of aliphatic hydroxyl groups excluding tert-OH is 1. The van der Waals surface area contributed by atoms with Gasteiger partial charge in [0.2, 0.25) is 0 Å². The molecule has 2 aromatic carbocycles. The zero-order chi connectivity index (χ0) is 14.2. The Balaban J connectivity index is 1.97. The predicted molar refractivity (Wildman–Crippen MR) is 81.6 cm³/mol. The monoisotopic (exact) mass is 270 g/mol. The van der Waals surface area contributed by atoms with Crippen molar-refractivity contribution in [3.8, 4) is 0 Å². The van der Waals surface area contributed by atoms with E-state index in [1.54, 1.807) is 0 Å². The highest BCUT2D eigenvalue weighted by Gasteiger charge is 2.16. The topological polar surface area (TPSA) is 29.5 Å². The van der Waals surface area contributed by atoms with E-state index in [1.165, 1.54) is 0 Å². The van der Waals surface area contributed by atoms with Crippen LogP contribution in [0.1, 0.15) is 30.6 Å². The Morgan fingerprint density at radius 2 is 1.55 bits per heavy atom. The number of hydrogen-bond donors (Lipinski definition) is 1. The Kier molecular flexibility index (Phi) is 5.78. The molecule has 20 heavy (non-hydrogen) atoms. The van der Waals surface area contributed by atoms with Crippen LogP contribution in [0.15, 0.2) is 60.7 Å². The highest BCUT2D eigenvalue weighted by Crippen LogP contribution is 2.23. The summed E-state index contributed by atoms with van der Waals surface area (Å²) in [4.78, 5) is 0. The maximum Gasteiger partial charge on any atom is 0.0849 e. The summed E-state index contributed by atoms with van der Waals surface area (Å²) in [5, 5.41) is 10.3. The lowest BCUT2D eigenvalue weighted by Crippen LogP contribution is -2.17. The van der Waals surface area contributed by atoms with Crippen molar-refractivity contribution in [3.63, 3.8) is 0 Å². The van der Waals surface area contributed by atoms with Crippen molar-refractivity contribution < 1.29 is 9.84 Å². The smallest absolute Gasteiger partial charge is 0.0849 e. The molecule has 0 aliphatic carbocycles. The van der Waals surface area contributed by atoms with Crippen LogP contribution in [0, 0.1) is 0 Å². The summed E-state index contributed by atoms with van der Waals surface area (Å²) in [6, 6.07) is 20.2. The Bertz CT molecular complexity index is 481. The molecule has 2 aromatic rings. The van der Waals surface area contributed by atoms with Crippen LogP contribution in [-0.4, -0.2) is 17.8 Å². The number of benzene rings is 2. The third-order valence-corrected chi connectivity index (χ3v) is 3.34. The normalized spacial score (nSPS) is 13.9. The second-order valence-corrected chi connectivity index (χ2v) is 4.93. The van der Waals surface area contributed by atoms with Gasteiger partial charge in [-0.2, -0.15) is 0 Å². The van der Waals surface area contributed by atoms with E-state index < -0.39 is 6.10 Å². The molecule has 0 bridgehead atoms. The fraction of sp³-hybridized carbons (Fsp3) is 0.333. The molecule has 0 fully saturated rings. The lowest BCUT2D eigenvalue weighted by molar-refractivity contribution is 0.0191. The van der Waals surface area contributed by atoms with Gasteiger partial charge in [0, 0.05) is 13.0 Å². The van der Waals surface area contributed by atoms with Gasteiger partial charge in [-0.25, -0.2) is 0 Å². The Labute approximate surface area is 121 Å². The average molecular weight is 270 g/mol. The Morgan fingerprint density at radius 3 is 2.15 bits per heavy atom. The SMILES string of the molecule is CCOC(CC(O)Cc1ccccc1)c1ccccc1. The lowest BCUT2D eigenvalue weighted by atomic mass is 9.99. The minimum Gasteiger partial charge on any atom is -0.393 e. The lowest BCUT2D eigenvalue weighted by Gasteiger charge is -2.21. The van der Waals surface area contributed by atoms with Crippen LogP contribution in [0.2, 0.25) is 0 Å². The van der Waals surface area contributed by atoms with Crippen LogP contribution in [0.25, 0.3) is 0 Å². The highest BCUT2D eigenvalue weighted by molar-refractivity contribution is 5.19. The molecule has 0 aliphatic rings. The molecule has 2 atom stereocenters. The van der Waals surface area contributed by atoms with Gasteiger partial charge in [0.15, 0.2) is 0 Å². The van der Waals surface area contributed by atoms with Gasteiger partial charge >= 0.3 is 0 Å². The predicted octanol–water partition coefficient (Wildman–Crippen LogP) is 3.76. The van der Waals surface area contributed by atoms with E-state index in [0.717, 1.165) is 11.1 Å². The zero-order valence-electron chi connectivity index (χ0n) is 11.9. The summed E-state index contributed by atoms with van der Waals surface area (Å²) in [5.74, 6) is 0. The van der Waals surface area contributed by atoms with E-state index in [4.69, 9.17) is 4.74 Å². The molecule has 2 rings (SSSR count). The molecule has 0 spiro atoms. The minimum absolute atomic E-state index is 0.0417. The molecule has 2 heteroatoms. The number of hydrogen-bond acceptors (Lipinski definition) is 2. The van der Waals surface area contributed by atoms with Crippen LogP contribution >= 0.6 is 0 Å². The van der Waals surface area contributed by atoms with Crippen molar-refractivity contribution in [2.75, 3.05) is 6.61 Å². The third-order valence-electron chi connectivity index (χ3n) is 3.34. The molecule has 0 aromatic heterocycles. The Morgan fingerprint density at radius 1 is 0.950 bits per heavy atom. The van der Waals surface area contributed by atoms with Gasteiger partial charge in [-0.05, 0) is 24.5 Å². The van der Waals surface area contributed by atoms with Crippen molar-refractivity contribution >= 4 is 0 Å². The second kappa shape index (κ2) is 7.83. The van der Waals surface area contributed by atoms with E-state index in [1.807, 2.05) is 55.5 Å². The number of ether oxygens (including phenoxy) is 1. The van der Waals surface area contributed by atoms with Crippen LogP contribution in [0.5, 0.6) is 0 Å². The maximum absolute atomic E-state index is 10.3. The van der Waals surface area contributed by atoms with Crippen molar-refractivity contribution in [2.24, 2.45) is 0 Å². The van der Waals surface area contributed by atoms with Crippen LogP contribution in [0.3, 0.4) is 0 Å². The summed E-state index contributed by atoms with van der Waals surface area (Å²) < 4.78 is 5.78. The first-order valence-electron chi connectivity index (χ1n) is 7.18. The molecule has 106 valence electrons. The first-order chi connectivity index (χ1) is 9.79. The molecule has 0 saturated heterocycles. The number of rotatable bonds is 7. The Hall–Kier alpha value is -1.64. The van der Waals surface area contributed by atoms with E-state index in [9.17, 15) is 5.11 Å². The van der Waals surface area contributed by atoms with Crippen molar-refractivity contribution in [3.05, 3.63) is 71.8 Å². The minimum atomic E-state index is -0.394. The molecular weight excluding hydrogens is 248 g/mol. The molecule has 0 saturated carbocycles. The maximum atomic E-state index is 10.3. The largest absolute Gasteiger partial charge is 0.393 e. The standard InChI is InChI=1S/C18H22O2/c1-2-20-18(16-11-7-4-8-12-16)14-17(19)13-15-9-5-3-6-10-15/h3-12,17-19H,2,13-14H2,1H3. The van der Waals surface area contributed by atoms with Crippen molar-refractivity contribution in [1.82, 2.24) is 0 Å². The first-order valence-corrected chi connectivity index (χ1v) is 7.18. The van der Waals surface area contributed by atoms with E-state index in [-0.39, 0.29) is 6.10 Å². The van der Waals surface area contributed by atoms with Crippen molar-refractivity contribution in [2.45, 2.75) is 32.0 Å². The fourth-order valence-corrected chi connectivity index (χ4v) is 2.39. The summed E-state index contributed by atoms with van der Waals surface area (Å²) >= 11 is 0. The van der Waals surface area contributed by atoms with E-state index in [2.05, 4.69) is 12.1 Å². The van der Waals surface area contributed by atoms with Gasteiger partial charge in [0.25, 0.3) is 0 Å². The van der Waals surface area contributed by atoms with Gasteiger partial charge in [0.1, 0.15) is 0 Å². The zero-order valence-corrected chi connectivity index (χ0v) is 11.9. The second-order valence-electron chi connectivity index (χ2n) is 4.93. The van der Waals surface area contributed by atoms with Gasteiger partial charge in [-0.1, -0.05) is 60.7 Å². The average Bonchev–Trinajstić information content (AvgIpc) is 2.49. The fourth-order valence-electron chi connectivity index (χ4n) is 2.39. The van der Waals surface area contributed by atoms with E-state index >= 15 is 0 Å². The van der Waals surface area contributed by atoms with Gasteiger partial charge in [-0.15, -0.1) is 0 Å². The van der Waals surface area contributed by atoms with Crippen LogP contribution < -0.4 is 0 Å². The molecule has 0 aliphatic heterocycles. The third kappa shape index (κ3) is 4.48. The van der Waals surface area contributed by atoms with Gasteiger partial charge in [-0.3, -0.25) is 0 Å². The van der Waals surface area contributed by atoms with Gasteiger partial charge < -0.3 is 9.84 Å². The quantitative estimate of drug-likeness (QED) is 0.830. The van der Waals surface area contributed by atoms with Crippen LogP contribution in [0.4, 0.5) is 0 Å². The summed E-state index contributed by atoms with van der Waals surface area (Å²) in [6.45, 7) is 2.64. The molecule has 2 nitrogen and oxygen atoms in total. The molecule has 0 amide bonds. The highest BCUT2D eigenvalue weighted by atomic mass is 16.5. The molecule has 0 heterocycles. The summed E-state index contributed by atoms with van der Waals surface area (Å²) in [7, 11) is 0. The van der Waals surface area contributed by atoms with Gasteiger partial charge in [0.05, 0.1) is 12.2 Å². The summed E-state index contributed by atoms with van der Waals surface area (Å²) in [5.41, 5.74) is 2.28. The molecular formula is C18H22O2. The van der Waals surface area contributed by atoms with Crippen molar-refractivity contribution in [1.29, 1.82) is 0 Å². The number of aliphatic hydroxyl groups is 1. The molecule has 1 N–H and O–H groups in total. The van der Waals surface area contributed by atoms with E-state index in [0.29, 0.717) is 19.4 Å². The first kappa shape index (κ1) is 14.8. The molecule has 2 unspecified atom stereocenters. The van der Waals surface area contributed by atoms with Crippen LogP contribution in [-0.2, 0) is 11.2 Å². The molecule has 0 radical (unpaired) electrons. The summed E-state index contributed by atoms with van der Waals surface area (Å²) in [6.07, 6.45) is 0.846.